The van der Waals surface area contributed by atoms with Gasteiger partial charge < -0.3 is 5.32 Å². The number of hydrogen-bond donors (Lipinski definition) is 2. The number of rotatable bonds is 4. The fraction of sp³-hybridized carbons (Fsp3) is 0.231. The van der Waals surface area contributed by atoms with Gasteiger partial charge in [0.1, 0.15) is 0 Å². The van der Waals surface area contributed by atoms with Gasteiger partial charge in [-0.05, 0) is 0 Å². The quantitative estimate of drug-likeness (QED) is 0.826. The number of benzene rings is 1. The van der Waals surface area contributed by atoms with Crippen molar-refractivity contribution < 1.29 is 9.59 Å². The van der Waals surface area contributed by atoms with Crippen molar-refractivity contribution in [3.63, 3.8) is 0 Å². The third kappa shape index (κ3) is 3.05. The van der Waals surface area contributed by atoms with Crippen molar-refractivity contribution >= 4 is 23.7 Å². The minimum absolute atomic E-state index is 0.138. The molecule has 2 aromatic rings. The second-order valence-corrected chi connectivity index (χ2v) is 5.34. The van der Waals surface area contributed by atoms with Gasteiger partial charge in [-0.3, -0.25) is 14.8 Å². The zero-order valence-electron chi connectivity index (χ0n) is 11.1. The van der Waals surface area contributed by atoms with E-state index < -0.39 is 0 Å². The van der Waals surface area contributed by atoms with Crippen molar-refractivity contribution in [2.75, 3.05) is 18.8 Å². The van der Waals surface area contributed by atoms with E-state index in [-0.39, 0.29) is 17.7 Å². The number of nitrogens with zero attached hydrogens (tertiary/aromatic N) is 3. The van der Waals surface area contributed by atoms with Crippen LogP contribution < -0.4 is 5.32 Å². The summed E-state index contributed by atoms with van der Waals surface area (Å²) in [5.74, 6) is 0.560. The number of carbonyl (C=O) groups excluding carboxylic acids is 2. The molecule has 108 valence electrons. The summed E-state index contributed by atoms with van der Waals surface area (Å²) in [6, 6.07) is 9.28. The highest BCUT2D eigenvalue weighted by Crippen LogP contribution is 2.19. The van der Waals surface area contributed by atoms with E-state index in [2.05, 4.69) is 20.5 Å². The van der Waals surface area contributed by atoms with Crippen molar-refractivity contribution in [2.45, 2.75) is 5.16 Å². The van der Waals surface area contributed by atoms with Crippen LogP contribution in [0.1, 0.15) is 0 Å². The van der Waals surface area contributed by atoms with Gasteiger partial charge in [0.2, 0.25) is 11.1 Å². The molecule has 1 fully saturated rings. The summed E-state index contributed by atoms with van der Waals surface area (Å²) in [5.41, 5.74) is 0.932. The molecular formula is C13H13N5O2S. The maximum absolute atomic E-state index is 11.9. The predicted octanol–water partition coefficient (Wildman–Crippen LogP) is 1.12. The molecule has 0 radical (unpaired) electrons. The first-order valence-corrected chi connectivity index (χ1v) is 7.41. The number of nitrogens with one attached hydrogen (secondary N) is 2. The van der Waals surface area contributed by atoms with Gasteiger partial charge in [0.25, 0.3) is 0 Å². The lowest BCUT2D eigenvalue weighted by Gasteiger charge is -2.10. The summed E-state index contributed by atoms with van der Waals surface area (Å²) in [7, 11) is 0. The first kappa shape index (κ1) is 13.6. The molecule has 3 amide bonds. The summed E-state index contributed by atoms with van der Waals surface area (Å²) in [6.07, 6.45) is 0. The molecule has 0 aliphatic carbocycles. The Bertz CT molecular complexity index is 658. The molecule has 0 atom stereocenters. The fourth-order valence-electron chi connectivity index (χ4n) is 1.95. The zero-order chi connectivity index (χ0) is 14.7. The number of H-pyrrole nitrogens is 1. The number of urea groups is 1. The van der Waals surface area contributed by atoms with Crippen LogP contribution in [0.25, 0.3) is 11.4 Å². The van der Waals surface area contributed by atoms with Crippen molar-refractivity contribution in [2.24, 2.45) is 0 Å². The number of carbonyl (C=O) groups is 2. The summed E-state index contributed by atoms with van der Waals surface area (Å²) < 4.78 is 0. The number of thioether (sulfide) groups is 1. The van der Waals surface area contributed by atoms with E-state index in [4.69, 9.17) is 0 Å². The summed E-state index contributed by atoms with van der Waals surface area (Å²) in [4.78, 5) is 28.8. The van der Waals surface area contributed by atoms with Gasteiger partial charge in [-0.2, -0.15) is 0 Å². The molecular weight excluding hydrogens is 290 g/mol. The molecule has 3 rings (SSSR count). The van der Waals surface area contributed by atoms with Gasteiger partial charge in [0.05, 0.1) is 5.75 Å². The average molecular weight is 303 g/mol. The first-order chi connectivity index (χ1) is 10.2. The van der Waals surface area contributed by atoms with Crippen molar-refractivity contribution in [1.82, 2.24) is 25.4 Å². The second kappa shape index (κ2) is 5.96. The third-order valence-electron chi connectivity index (χ3n) is 2.99. The van der Waals surface area contributed by atoms with Gasteiger partial charge >= 0.3 is 6.03 Å². The topological polar surface area (TPSA) is 91.0 Å². The molecule has 8 heteroatoms. The van der Waals surface area contributed by atoms with Crippen LogP contribution in [0.3, 0.4) is 0 Å². The van der Waals surface area contributed by atoms with Crippen LogP contribution in [0.15, 0.2) is 35.5 Å². The van der Waals surface area contributed by atoms with Crippen LogP contribution in [-0.2, 0) is 4.79 Å². The largest absolute Gasteiger partial charge is 0.336 e. The van der Waals surface area contributed by atoms with Gasteiger partial charge in [0.15, 0.2) is 5.82 Å². The van der Waals surface area contributed by atoms with E-state index in [9.17, 15) is 9.59 Å². The molecule has 0 spiro atoms. The van der Waals surface area contributed by atoms with Crippen LogP contribution in [0.5, 0.6) is 0 Å². The molecule has 1 aromatic heterocycles. The lowest BCUT2D eigenvalue weighted by molar-refractivity contribution is -0.124. The lowest BCUT2D eigenvalue weighted by atomic mass is 10.2. The van der Waals surface area contributed by atoms with E-state index in [0.717, 1.165) is 5.56 Å². The molecule has 2 N–H and O–H groups in total. The Labute approximate surface area is 125 Å². The van der Waals surface area contributed by atoms with E-state index >= 15 is 0 Å². The Morgan fingerprint density at radius 2 is 2.14 bits per heavy atom. The smallest absolute Gasteiger partial charge is 0.324 e. The lowest BCUT2D eigenvalue weighted by Crippen LogP contribution is -2.35. The number of imide groups is 1. The van der Waals surface area contributed by atoms with Gasteiger partial charge in [-0.15, -0.1) is 5.10 Å². The minimum Gasteiger partial charge on any atom is -0.336 e. The third-order valence-corrected chi connectivity index (χ3v) is 3.83. The summed E-state index contributed by atoms with van der Waals surface area (Å²) in [5, 5.41) is 9.99. The zero-order valence-corrected chi connectivity index (χ0v) is 11.9. The van der Waals surface area contributed by atoms with Gasteiger partial charge in [0, 0.05) is 18.7 Å². The van der Waals surface area contributed by atoms with Crippen LogP contribution in [0, 0.1) is 0 Å². The van der Waals surface area contributed by atoms with Crippen molar-refractivity contribution in [3.05, 3.63) is 30.3 Å². The van der Waals surface area contributed by atoms with Crippen molar-refractivity contribution in [1.29, 1.82) is 0 Å². The number of aromatic nitrogens is 3. The Kier molecular flexibility index (Phi) is 3.87. The van der Waals surface area contributed by atoms with Gasteiger partial charge in [-0.1, -0.05) is 42.1 Å². The highest BCUT2D eigenvalue weighted by molar-refractivity contribution is 7.99. The molecule has 7 nitrogen and oxygen atoms in total. The summed E-state index contributed by atoms with van der Waals surface area (Å²) >= 11 is 1.21. The number of hydrogen-bond acceptors (Lipinski definition) is 5. The molecule has 0 unspecified atom stereocenters. The summed E-state index contributed by atoms with van der Waals surface area (Å²) in [6.45, 7) is 0.926. The first-order valence-electron chi connectivity index (χ1n) is 6.43. The van der Waals surface area contributed by atoms with Crippen LogP contribution >= 0.6 is 11.8 Å². The van der Waals surface area contributed by atoms with E-state index in [1.54, 1.807) is 0 Å². The van der Waals surface area contributed by atoms with Crippen molar-refractivity contribution in [3.8, 4) is 11.4 Å². The normalized spacial score (nSPS) is 14.3. The Morgan fingerprint density at radius 3 is 2.86 bits per heavy atom. The molecule has 0 saturated carbocycles. The minimum atomic E-state index is -0.333. The van der Waals surface area contributed by atoms with E-state index in [1.165, 1.54) is 16.7 Å². The number of aromatic amines is 1. The van der Waals surface area contributed by atoms with E-state index in [1.807, 2.05) is 30.3 Å². The fourth-order valence-corrected chi connectivity index (χ4v) is 2.62. The van der Waals surface area contributed by atoms with Gasteiger partial charge in [-0.25, -0.2) is 9.78 Å². The molecule has 1 aliphatic heterocycles. The Hall–Kier alpha value is -2.35. The van der Waals surface area contributed by atoms with Crippen LogP contribution in [-0.4, -0.2) is 50.9 Å². The molecule has 2 heterocycles. The van der Waals surface area contributed by atoms with Crippen LogP contribution in [0.4, 0.5) is 4.79 Å². The highest BCUT2D eigenvalue weighted by Gasteiger charge is 2.26. The molecule has 1 aromatic carbocycles. The maximum atomic E-state index is 11.9. The molecule has 21 heavy (non-hydrogen) atoms. The number of amides is 3. The SMILES string of the molecule is O=C(CSc1n[nH]c(-c2ccccc2)n1)N1CCNC1=O. The molecule has 1 saturated heterocycles. The Morgan fingerprint density at radius 1 is 1.33 bits per heavy atom. The highest BCUT2D eigenvalue weighted by atomic mass is 32.2. The average Bonchev–Trinajstić information content (AvgIpc) is 3.15. The van der Waals surface area contributed by atoms with E-state index in [0.29, 0.717) is 24.1 Å². The standard InChI is InChI=1S/C13H13N5O2S/c19-10(18-7-6-14-13(18)20)8-21-12-15-11(16-17-12)9-4-2-1-3-5-9/h1-5H,6-8H2,(H,14,20)(H,15,16,17). The monoisotopic (exact) mass is 303 g/mol. The maximum Gasteiger partial charge on any atom is 0.324 e. The Balaban J connectivity index is 1.60. The molecule has 0 bridgehead atoms. The van der Waals surface area contributed by atoms with Crippen LogP contribution in [0.2, 0.25) is 0 Å². The molecule has 1 aliphatic rings. The predicted molar refractivity (Wildman–Crippen MR) is 77.7 cm³/mol. The second-order valence-electron chi connectivity index (χ2n) is 4.40.